The molecule has 0 bridgehead atoms. The zero-order valence-electron chi connectivity index (χ0n) is 23.1. The van der Waals surface area contributed by atoms with Gasteiger partial charge in [0.25, 0.3) is 11.8 Å². The van der Waals surface area contributed by atoms with Crippen molar-refractivity contribution in [1.29, 1.82) is 0 Å². The van der Waals surface area contributed by atoms with Crippen molar-refractivity contribution < 1.29 is 28.1 Å². The molecule has 42 heavy (non-hydrogen) atoms. The summed E-state index contributed by atoms with van der Waals surface area (Å²) >= 11 is 0. The Morgan fingerprint density at radius 3 is 2.48 bits per heavy atom. The fourth-order valence-corrected chi connectivity index (χ4v) is 6.83. The summed E-state index contributed by atoms with van der Waals surface area (Å²) < 4.78 is 18.9. The average Bonchev–Trinajstić information content (AvgIpc) is 3.52. The van der Waals surface area contributed by atoms with Gasteiger partial charge in [0.15, 0.2) is 11.4 Å². The second kappa shape index (κ2) is 10.6. The minimum absolute atomic E-state index is 0.0962. The highest BCUT2D eigenvalue weighted by atomic mass is 19.1. The Balaban J connectivity index is 0.960. The van der Waals surface area contributed by atoms with Gasteiger partial charge in [0, 0.05) is 51.3 Å². The fourth-order valence-electron chi connectivity index (χ4n) is 6.83. The molecule has 3 aromatic rings. The van der Waals surface area contributed by atoms with Gasteiger partial charge in [-0.2, -0.15) is 0 Å². The lowest BCUT2D eigenvalue weighted by molar-refractivity contribution is -0.136. The van der Waals surface area contributed by atoms with Crippen LogP contribution >= 0.6 is 0 Å². The summed E-state index contributed by atoms with van der Waals surface area (Å²) in [5.74, 6) is -1.51. The number of rotatable bonds is 5. The van der Waals surface area contributed by atoms with E-state index in [1.807, 2.05) is 6.07 Å². The quantitative estimate of drug-likeness (QED) is 0.457. The summed E-state index contributed by atoms with van der Waals surface area (Å²) in [4.78, 5) is 58.7. The monoisotopic (exact) mass is 574 g/mol. The van der Waals surface area contributed by atoms with Crippen molar-refractivity contribution in [2.24, 2.45) is 0 Å². The molecular weight excluding hydrogens is 543 g/mol. The van der Waals surface area contributed by atoms with Crippen LogP contribution < -0.4 is 10.2 Å². The van der Waals surface area contributed by atoms with Gasteiger partial charge in [0.1, 0.15) is 11.9 Å². The number of hydrogen-bond donors (Lipinski definition) is 1. The number of piperidine rings is 2. The SMILES string of the molecule is O=C1CCC(N2C(=O)c3cccc(CN4CCC(N5CCN(c6noc7cc(F)ccc67)CC5)CC4)c3C2=O)C(=O)N1. The standard InChI is InChI=1S/C30H31FN6O5/c31-19-4-5-21-24(16-19)42-33-27(21)36-14-12-35(13-15-36)20-8-10-34(11-9-20)17-18-2-1-3-22-26(18)30(41)37(29(22)40)23-6-7-25(38)32-28(23)39/h1-5,16,20,23H,6-15,17H2,(H,32,38,39). The zero-order valence-corrected chi connectivity index (χ0v) is 23.1. The molecule has 218 valence electrons. The number of likely N-dealkylation sites (tertiary alicyclic amines) is 1. The third-order valence-corrected chi connectivity index (χ3v) is 9.05. The molecule has 1 N–H and O–H groups in total. The Hall–Kier alpha value is -4.16. The van der Waals surface area contributed by atoms with Crippen LogP contribution in [0.25, 0.3) is 11.0 Å². The van der Waals surface area contributed by atoms with Gasteiger partial charge >= 0.3 is 0 Å². The van der Waals surface area contributed by atoms with E-state index in [2.05, 4.69) is 25.2 Å². The Bertz CT molecular complexity index is 1590. The molecular formula is C30H31FN6O5. The maximum atomic E-state index is 13.5. The van der Waals surface area contributed by atoms with Crippen molar-refractivity contribution in [3.8, 4) is 0 Å². The van der Waals surface area contributed by atoms with E-state index in [1.165, 1.54) is 12.1 Å². The lowest BCUT2D eigenvalue weighted by Gasteiger charge is -2.43. The molecule has 0 radical (unpaired) electrons. The largest absolute Gasteiger partial charge is 0.354 e. The van der Waals surface area contributed by atoms with E-state index in [0.717, 1.165) is 73.8 Å². The number of hydrogen-bond acceptors (Lipinski definition) is 9. The smallest absolute Gasteiger partial charge is 0.262 e. The number of aromatic nitrogens is 1. The van der Waals surface area contributed by atoms with Crippen molar-refractivity contribution in [3.63, 3.8) is 0 Å². The molecule has 3 fully saturated rings. The fraction of sp³-hybridized carbons (Fsp3) is 0.433. The normalized spacial score (nSPS) is 22.7. The third-order valence-electron chi connectivity index (χ3n) is 9.05. The summed E-state index contributed by atoms with van der Waals surface area (Å²) in [5.41, 5.74) is 1.93. The lowest BCUT2D eigenvalue weighted by Crippen LogP contribution is -2.54. The highest BCUT2D eigenvalue weighted by molar-refractivity contribution is 6.24. The van der Waals surface area contributed by atoms with Crippen molar-refractivity contribution in [2.45, 2.75) is 44.3 Å². The number of carbonyl (C=O) groups is 4. The molecule has 0 saturated carbocycles. The molecule has 3 saturated heterocycles. The first kappa shape index (κ1) is 26.7. The Morgan fingerprint density at radius 2 is 1.71 bits per heavy atom. The van der Waals surface area contributed by atoms with Gasteiger partial charge in [-0.25, -0.2) is 4.39 Å². The second-order valence-electron chi connectivity index (χ2n) is 11.5. The van der Waals surface area contributed by atoms with Crippen LogP contribution in [0.4, 0.5) is 10.2 Å². The van der Waals surface area contributed by atoms with Crippen molar-refractivity contribution in [3.05, 3.63) is 58.9 Å². The van der Waals surface area contributed by atoms with E-state index in [-0.39, 0.29) is 24.6 Å². The third kappa shape index (κ3) is 4.64. The molecule has 1 aromatic heterocycles. The summed E-state index contributed by atoms with van der Waals surface area (Å²) in [5, 5.41) is 7.27. The average molecular weight is 575 g/mol. The van der Waals surface area contributed by atoms with Crippen LogP contribution in [0.15, 0.2) is 40.9 Å². The van der Waals surface area contributed by atoms with Gasteiger partial charge in [0.2, 0.25) is 11.8 Å². The summed E-state index contributed by atoms with van der Waals surface area (Å²) in [6.45, 7) is 5.72. The topological polar surface area (TPSA) is 119 Å². The first-order chi connectivity index (χ1) is 20.4. The number of halogens is 1. The van der Waals surface area contributed by atoms with Gasteiger partial charge in [-0.1, -0.05) is 17.3 Å². The van der Waals surface area contributed by atoms with E-state index in [0.29, 0.717) is 29.3 Å². The van der Waals surface area contributed by atoms with Crippen LogP contribution in [0.5, 0.6) is 0 Å². The van der Waals surface area contributed by atoms with Gasteiger partial charge in [-0.3, -0.25) is 39.2 Å². The van der Waals surface area contributed by atoms with E-state index in [9.17, 15) is 23.6 Å². The van der Waals surface area contributed by atoms with E-state index < -0.39 is 23.8 Å². The minimum atomic E-state index is -0.967. The second-order valence-corrected chi connectivity index (χ2v) is 11.5. The number of amides is 4. The number of piperazine rings is 1. The first-order valence-corrected chi connectivity index (χ1v) is 14.5. The van der Waals surface area contributed by atoms with Crippen molar-refractivity contribution >= 4 is 40.4 Å². The molecule has 7 rings (SSSR count). The summed E-state index contributed by atoms with van der Waals surface area (Å²) in [7, 11) is 0. The van der Waals surface area contributed by atoms with Crippen LogP contribution in [0, 0.1) is 5.82 Å². The molecule has 4 amide bonds. The number of fused-ring (bicyclic) bond motifs is 2. The number of carbonyl (C=O) groups excluding carboxylic acids is 4. The Labute approximate surface area is 241 Å². The van der Waals surface area contributed by atoms with Gasteiger partial charge in [-0.05, 0) is 56.1 Å². The van der Waals surface area contributed by atoms with Crippen LogP contribution in [-0.4, -0.2) is 94.8 Å². The summed E-state index contributed by atoms with van der Waals surface area (Å²) in [6, 6.07) is 9.30. The van der Waals surface area contributed by atoms with Crippen LogP contribution in [0.3, 0.4) is 0 Å². The molecule has 0 spiro atoms. The van der Waals surface area contributed by atoms with E-state index >= 15 is 0 Å². The Morgan fingerprint density at radius 1 is 0.929 bits per heavy atom. The van der Waals surface area contributed by atoms with E-state index in [1.54, 1.807) is 18.2 Å². The molecule has 2 aromatic carbocycles. The predicted octanol–water partition coefficient (Wildman–Crippen LogP) is 2.15. The Kier molecular flexibility index (Phi) is 6.74. The van der Waals surface area contributed by atoms with Crippen LogP contribution in [0.1, 0.15) is 52.0 Å². The van der Waals surface area contributed by atoms with Gasteiger partial charge in [0.05, 0.1) is 16.5 Å². The molecule has 5 heterocycles. The van der Waals surface area contributed by atoms with Gasteiger partial charge in [-0.15, -0.1) is 0 Å². The maximum Gasteiger partial charge on any atom is 0.262 e. The highest BCUT2D eigenvalue weighted by Crippen LogP contribution is 2.32. The zero-order chi connectivity index (χ0) is 29.0. The lowest BCUT2D eigenvalue weighted by atomic mass is 9.99. The van der Waals surface area contributed by atoms with E-state index in [4.69, 9.17) is 4.52 Å². The molecule has 4 aliphatic rings. The number of anilines is 1. The number of nitrogens with one attached hydrogen (secondary N) is 1. The van der Waals surface area contributed by atoms with Crippen molar-refractivity contribution in [2.75, 3.05) is 44.2 Å². The van der Waals surface area contributed by atoms with Crippen molar-refractivity contribution in [1.82, 2.24) is 25.2 Å². The minimum Gasteiger partial charge on any atom is -0.354 e. The number of benzene rings is 2. The molecule has 12 heteroatoms. The molecule has 4 aliphatic heterocycles. The molecule has 11 nitrogen and oxygen atoms in total. The van der Waals surface area contributed by atoms with Crippen LogP contribution in [0.2, 0.25) is 0 Å². The predicted molar refractivity (Wildman–Crippen MR) is 149 cm³/mol. The molecule has 1 atom stereocenters. The molecule has 0 aliphatic carbocycles. The van der Waals surface area contributed by atoms with Gasteiger partial charge < -0.3 is 9.42 Å². The van der Waals surface area contributed by atoms with Crippen LogP contribution in [-0.2, 0) is 16.1 Å². The number of nitrogens with zero attached hydrogens (tertiary/aromatic N) is 5. The highest BCUT2D eigenvalue weighted by Gasteiger charge is 2.45. The number of imide groups is 2. The molecule has 1 unspecified atom stereocenters. The first-order valence-electron chi connectivity index (χ1n) is 14.5. The maximum absolute atomic E-state index is 13.5. The summed E-state index contributed by atoms with van der Waals surface area (Å²) in [6.07, 6.45) is 2.23.